The Balaban J connectivity index is 3.02. The molecule has 1 amide bonds. The molecular weight excluding hydrogens is 299 g/mol. The van der Waals surface area contributed by atoms with Crippen LogP contribution in [0.15, 0.2) is 6.07 Å². The molecule has 21 heavy (non-hydrogen) atoms. The third kappa shape index (κ3) is 4.46. The van der Waals surface area contributed by atoms with Gasteiger partial charge in [-0.1, -0.05) is 25.4 Å². The van der Waals surface area contributed by atoms with Crippen LogP contribution in [0.4, 0.5) is 15.0 Å². The molecule has 0 saturated heterocycles. The number of halogens is 2. The van der Waals surface area contributed by atoms with Gasteiger partial charge < -0.3 is 15.7 Å². The van der Waals surface area contributed by atoms with E-state index in [-0.39, 0.29) is 22.5 Å². The van der Waals surface area contributed by atoms with Crippen molar-refractivity contribution in [2.45, 2.75) is 32.9 Å². The molecule has 8 heteroatoms. The average molecular weight is 315 g/mol. The molecule has 0 bridgehead atoms. The number of amides is 1. The first kappa shape index (κ1) is 17.0. The second-order valence-corrected chi connectivity index (χ2v) is 5.28. The average Bonchev–Trinajstić information content (AvgIpc) is 2.37. The molecule has 114 valence electrons. The summed E-state index contributed by atoms with van der Waals surface area (Å²) in [6.45, 7) is 5.39. The summed E-state index contributed by atoms with van der Waals surface area (Å²) in [7, 11) is 0. The number of nitrogens with zero attached hydrogens (tertiary/aromatic N) is 2. The van der Waals surface area contributed by atoms with E-state index in [2.05, 4.69) is 15.6 Å². The van der Waals surface area contributed by atoms with Crippen LogP contribution in [0, 0.1) is 23.1 Å². The van der Waals surface area contributed by atoms with Gasteiger partial charge in [0.05, 0.1) is 5.56 Å². The second-order valence-electron chi connectivity index (χ2n) is 4.92. The minimum atomic E-state index is -1.17. The van der Waals surface area contributed by atoms with Crippen LogP contribution < -0.4 is 10.6 Å². The van der Waals surface area contributed by atoms with Gasteiger partial charge in [0, 0.05) is 12.1 Å². The minimum Gasteiger partial charge on any atom is -0.465 e. The smallest absolute Gasteiger partial charge is 0.404 e. The third-order valence-corrected chi connectivity index (χ3v) is 3.25. The number of aromatic nitrogens is 1. The van der Waals surface area contributed by atoms with Gasteiger partial charge in [0.2, 0.25) is 0 Å². The van der Waals surface area contributed by atoms with Gasteiger partial charge in [0.25, 0.3) is 0 Å². The van der Waals surface area contributed by atoms with E-state index in [9.17, 15) is 9.18 Å². The van der Waals surface area contributed by atoms with E-state index in [1.165, 1.54) is 0 Å². The van der Waals surface area contributed by atoms with Gasteiger partial charge >= 0.3 is 6.09 Å². The monoisotopic (exact) mass is 314 g/mol. The lowest BCUT2D eigenvalue weighted by Crippen LogP contribution is -2.47. The molecule has 2 atom stereocenters. The highest BCUT2D eigenvalue weighted by Crippen LogP contribution is 2.22. The Labute approximate surface area is 126 Å². The highest BCUT2D eigenvalue weighted by Gasteiger charge is 2.24. The molecule has 0 aliphatic rings. The van der Waals surface area contributed by atoms with Crippen molar-refractivity contribution >= 4 is 23.5 Å². The van der Waals surface area contributed by atoms with Crippen LogP contribution in [-0.2, 0) is 0 Å². The Morgan fingerprint density at radius 3 is 2.62 bits per heavy atom. The molecule has 0 spiro atoms. The molecule has 1 rings (SSSR count). The molecule has 1 aromatic heterocycles. The highest BCUT2D eigenvalue weighted by atomic mass is 35.5. The molecule has 0 aliphatic heterocycles. The summed E-state index contributed by atoms with van der Waals surface area (Å²) in [6.07, 6.45) is -1.17. The Morgan fingerprint density at radius 1 is 1.52 bits per heavy atom. The standard InChI is InChI=1S/C13H16ClFN4O2/c1-6(2)10(7(3)17-13(20)21)18-12-9(15)4-8(5-16)11(14)19-12/h4,6-7,10,17H,1-3H3,(H,18,19)(H,20,21)/t7-,10+/m0/s1. The van der Waals surface area contributed by atoms with E-state index < -0.39 is 24.0 Å². The van der Waals surface area contributed by atoms with Crippen molar-refractivity contribution in [1.29, 1.82) is 5.26 Å². The van der Waals surface area contributed by atoms with Gasteiger partial charge in [-0.3, -0.25) is 0 Å². The van der Waals surface area contributed by atoms with Gasteiger partial charge in [0.15, 0.2) is 11.6 Å². The number of rotatable bonds is 5. The molecule has 0 fully saturated rings. The van der Waals surface area contributed by atoms with Crippen LogP contribution in [0.25, 0.3) is 0 Å². The first-order valence-corrected chi connectivity index (χ1v) is 6.66. The number of pyridine rings is 1. The van der Waals surface area contributed by atoms with E-state index >= 15 is 0 Å². The topological polar surface area (TPSA) is 98.0 Å². The number of hydrogen-bond acceptors (Lipinski definition) is 4. The molecule has 6 nitrogen and oxygen atoms in total. The number of carboxylic acid groups (broad SMARTS) is 1. The summed E-state index contributed by atoms with van der Waals surface area (Å²) in [4.78, 5) is 14.5. The first-order chi connectivity index (χ1) is 9.76. The van der Waals surface area contributed by atoms with Gasteiger partial charge in [-0.05, 0) is 18.9 Å². The van der Waals surface area contributed by atoms with E-state index in [1.807, 2.05) is 13.8 Å². The van der Waals surface area contributed by atoms with Crippen molar-refractivity contribution in [2.24, 2.45) is 5.92 Å². The van der Waals surface area contributed by atoms with E-state index in [0.29, 0.717) is 0 Å². The quantitative estimate of drug-likeness (QED) is 0.726. The Morgan fingerprint density at radius 2 is 2.14 bits per heavy atom. The molecule has 1 aromatic rings. The molecule has 0 saturated carbocycles. The van der Waals surface area contributed by atoms with Crippen molar-refractivity contribution in [3.05, 3.63) is 22.6 Å². The van der Waals surface area contributed by atoms with Crippen molar-refractivity contribution < 1.29 is 14.3 Å². The van der Waals surface area contributed by atoms with Crippen molar-refractivity contribution in [2.75, 3.05) is 5.32 Å². The maximum atomic E-state index is 13.9. The summed E-state index contributed by atoms with van der Waals surface area (Å²) in [6, 6.07) is 1.86. The summed E-state index contributed by atoms with van der Waals surface area (Å²) in [5.74, 6) is -0.830. The van der Waals surface area contributed by atoms with Crippen LogP contribution in [0.1, 0.15) is 26.3 Å². The largest absolute Gasteiger partial charge is 0.465 e. The number of nitriles is 1. The first-order valence-electron chi connectivity index (χ1n) is 6.28. The van der Waals surface area contributed by atoms with Gasteiger partial charge in [-0.15, -0.1) is 0 Å². The van der Waals surface area contributed by atoms with E-state index in [4.69, 9.17) is 22.0 Å². The Bertz CT molecular complexity index is 574. The Kier molecular flexibility index (Phi) is 5.73. The molecule has 1 heterocycles. The van der Waals surface area contributed by atoms with Crippen LogP contribution in [0.2, 0.25) is 5.15 Å². The zero-order valence-corrected chi connectivity index (χ0v) is 12.6. The fourth-order valence-electron chi connectivity index (χ4n) is 1.96. The maximum Gasteiger partial charge on any atom is 0.404 e. The summed E-state index contributed by atoms with van der Waals surface area (Å²) >= 11 is 5.78. The number of carbonyl (C=O) groups is 1. The normalized spacial score (nSPS) is 13.4. The van der Waals surface area contributed by atoms with Crippen molar-refractivity contribution in [1.82, 2.24) is 10.3 Å². The van der Waals surface area contributed by atoms with Crippen LogP contribution in [0.3, 0.4) is 0 Å². The lowest BCUT2D eigenvalue weighted by molar-refractivity contribution is 0.188. The minimum absolute atomic E-state index is 0.00229. The SMILES string of the molecule is CC(C)[C@@H](Nc1nc(Cl)c(C#N)cc1F)[C@H](C)NC(=O)O. The number of anilines is 1. The number of hydrogen-bond donors (Lipinski definition) is 3. The molecular formula is C13H16ClFN4O2. The zero-order valence-electron chi connectivity index (χ0n) is 11.8. The molecule has 0 unspecified atom stereocenters. The summed E-state index contributed by atoms with van der Waals surface area (Å²) < 4.78 is 13.9. The predicted octanol–water partition coefficient (Wildman–Crippen LogP) is 2.84. The lowest BCUT2D eigenvalue weighted by Gasteiger charge is -2.29. The van der Waals surface area contributed by atoms with Crippen LogP contribution in [0.5, 0.6) is 0 Å². The fourth-order valence-corrected chi connectivity index (χ4v) is 2.14. The predicted molar refractivity (Wildman–Crippen MR) is 76.8 cm³/mol. The third-order valence-electron chi connectivity index (χ3n) is 2.96. The lowest BCUT2D eigenvalue weighted by atomic mass is 9.97. The molecule has 3 N–H and O–H groups in total. The van der Waals surface area contributed by atoms with Crippen molar-refractivity contribution in [3.63, 3.8) is 0 Å². The Hall–Kier alpha value is -2.07. The van der Waals surface area contributed by atoms with Gasteiger partial charge in [0.1, 0.15) is 11.2 Å². The molecule has 0 radical (unpaired) electrons. The zero-order chi connectivity index (χ0) is 16.2. The number of nitrogens with one attached hydrogen (secondary N) is 2. The fraction of sp³-hybridized carbons (Fsp3) is 0.462. The molecule has 0 aromatic carbocycles. The van der Waals surface area contributed by atoms with Gasteiger partial charge in [-0.2, -0.15) is 5.26 Å². The van der Waals surface area contributed by atoms with Crippen LogP contribution >= 0.6 is 11.6 Å². The molecule has 0 aliphatic carbocycles. The summed E-state index contributed by atoms with van der Waals surface area (Å²) in [5, 5.41) is 22.6. The maximum absolute atomic E-state index is 13.9. The van der Waals surface area contributed by atoms with Crippen molar-refractivity contribution in [3.8, 4) is 6.07 Å². The highest BCUT2D eigenvalue weighted by molar-refractivity contribution is 6.30. The van der Waals surface area contributed by atoms with Crippen LogP contribution in [-0.4, -0.2) is 28.3 Å². The van der Waals surface area contributed by atoms with E-state index in [1.54, 1.807) is 13.0 Å². The second kappa shape index (κ2) is 7.09. The van der Waals surface area contributed by atoms with E-state index in [0.717, 1.165) is 6.07 Å². The summed E-state index contributed by atoms with van der Waals surface area (Å²) in [5.41, 5.74) is -0.0578. The van der Waals surface area contributed by atoms with Gasteiger partial charge in [-0.25, -0.2) is 14.2 Å².